The summed E-state index contributed by atoms with van der Waals surface area (Å²) >= 11 is 0. The summed E-state index contributed by atoms with van der Waals surface area (Å²) in [7, 11) is 0. The van der Waals surface area contributed by atoms with Crippen LogP contribution in [0, 0.1) is 31.1 Å². The van der Waals surface area contributed by atoms with Crippen LogP contribution in [0.5, 0.6) is 0 Å². The minimum Gasteiger partial charge on any atom is -0.448 e. The van der Waals surface area contributed by atoms with E-state index in [0.717, 1.165) is 29.1 Å². The van der Waals surface area contributed by atoms with Crippen molar-refractivity contribution in [1.82, 2.24) is 14.8 Å². The van der Waals surface area contributed by atoms with E-state index in [1.165, 1.54) is 0 Å². The first-order chi connectivity index (χ1) is 14.8. The number of benzene rings is 1. The fraction of sp³-hybridized carbons (Fsp3) is 0.333. The van der Waals surface area contributed by atoms with Crippen LogP contribution in [0.15, 0.2) is 46.4 Å². The van der Waals surface area contributed by atoms with Gasteiger partial charge in [-0.3, -0.25) is 0 Å². The van der Waals surface area contributed by atoms with E-state index in [1.807, 2.05) is 56.3 Å². The molecule has 0 N–H and O–H groups in total. The molecule has 0 unspecified atom stereocenters. The SMILES string of the molecule is Cc1cc(/C=C(\C#N)C(=O)O[C@H](C)c2nnc(-c3ccccc3)o2)c(C)n1CC(C)C. The first-order valence-corrected chi connectivity index (χ1v) is 10.2. The van der Waals surface area contributed by atoms with Crippen LogP contribution in [-0.2, 0) is 16.1 Å². The van der Waals surface area contributed by atoms with Gasteiger partial charge >= 0.3 is 5.97 Å². The van der Waals surface area contributed by atoms with Gasteiger partial charge in [0.2, 0.25) is 5.89 Å². The second kappa shape index (κ2) is 9.43. The van der Waals surface area contributed by atoms with Gasteiger partial charge in [0.25, 0.3) is 5.89 Å². The molecule has 160 valence electrons. The van der Waals surface area contributed by atoms with E-state index < -0.39 is 12.1 Å². The molecule has 3 aromatic rings. The van der Waals surface area contributed by atoms with Crippen molar-refractivity contribution in [3.63, 3.8) is 0 Å². The van der Waals surface area contributed by atoms with Crippen molar-refractivity contribution in [3.05, 3.63) is 64.8 Å². The van der Waals surface area contributed by atoms with Crippen molar-refractivity contribution >= 4 is 12.0 Å². The van der Waals surface area contributed by atoms with Crippen molar-refractivity contribution in [3.8, 4) is 17.5 Å². The topological polar surface area (TPSA) is 93.9 Å². The Bertz CT molecular complexity index is 1130. The third-order valence-electron chi connectivity index (χ3n) is 4.89. The number of carbonyl (C=O) groups excluding carboxylic acids is 1. The predicted octanol–water partition coefficient (Wildman–Crippen LogP) is 5.02. The first-order valence-electron chi connectivity index (χ1n) is 10.2. The Morgan fingerprint density at radius 2 is 1.94 bits per heavy atom. The molecule has 7 nitrogen and oxygen atoms in total. The number of aryl methyl sites for hydroxylation is 1. The van der Waals surface area contributed by atoms with Gasteiger partial charge in [-0.1, -0.05) is 32.0 Å². The van der Waals surface area contributed by atoms with Crippen LogP contribution in [0.2, 0.25) is 0 Å². The van der Waals surface area contributed by atoms with Crippen molar-refractivity contribution < 1.29 is 13.9 Å². The van der Waals surface area contributed by atoms with Gasteiger partial charge < -0.3 is 13.7 Å². The van der Waals surface area contributed by atoms with Gasteiger partial charge in [0.15, 0.2) is 6.10 Å². The van der Waals surface area contributed by atoms with Crippen LogP contribution >= 0.6 is 0 Å². The molecular formula is C24H26N4O3. The molecule has 3 rings (SSSR count). The summed E-state index contributed by atoms with van der Waals surface area (Å²) in [6.45, 7) is 10.8. The van der Waals surface area contributed by atoms with E-state index in [4.69, 9.17) is 9.15 Å². The van der Waals surface area contributed by atoms with E-state index in [0.29, 0.717) is 11.8 Å². The molecule has 2 heterocycles. The molecule has 0 bridgehead atoms. The molecule has 1 aromatic carbocycles. The lowest BCUT2D eigenvalue weighted by molar-refractivity contribution is -0.144. The fourth-order valence-corrected chi connectivity index (χ4v) is 3.28. The van der Waals surface area contributed by atoms with Crippen LogP contribution in [0.3, 0.4) is 0 Å². The maximum atomic E-state index is 12.6. The molecule has 7 heteroatoms. The Labute approximate surface area is 182 Å². The summed E-state index contributed by atoms with van der Waals surface area (Å²) in [5.41, 5.74) is 3.59. The molecule has 0 aliphatic carbocycles. The highest BCUT2D eigenvalue weighted by Gasteiger charge is 2.22. The van der Waals surface area contributed by atoms with Gasteiger partial charge in [0.05, 0.1) is 0 Å². The number of ether oxygens (including phenoxy) is 1. The Kier molecular flexibility index (Phi) is 6.71. The Balaban J connectivity index is 1.76. The zero-order valence-electron chi connectivity index (χ0n) is 18.4. The number of hydrogen-bond donors (Lipinski definition) is 0. The quantitative estimate of drug-likeness (QED) is 0.304. The lowest BCUT2D eigenvalue weighted by atomic mass is 10.1. The molecule has 0 saturated carbocycles. The maximum absolute atomic E-state index is 12.6. The van der Waals surface area contributed by atoms with Crippen molar-refractivity contribution in [2.45, 2.75) is 47.3 Å². The van der Waals surface area contributed by atoms with Gasteiger partial charge in [-0.2, -0.15) is 5.26 Å². The van der Waals surface area contributed by atoms with Crippen LogP contribution in [-0.4, -0.2) is 20.7 Å². The average Bonchev–Trinajstić information content (AvgIpc) is 3.33. The van der Waals surface area contributed by atoms with Gasteiger partial charge in [-0.15, -0.1) is 10.2 Å². The molecule has 0 radical (unpaired) electrons. The molecule has 0 saturated heterocycles. The Morgan fingerprint density at radius 1 is 1.23 bits per heavy atom. The molecular weight excluding hydrogens is 392 g/mol. The summed E-state index contributed by atoms with van der Waals surface area (Å²) in [6, 6.07) is 13.2. The normalized spacial score (nSPS) is 12.6. The lowest BCUT2D eigenvalue weighted by Gasteiger charge is -2.12. The largest absolute Gasteiger partial charge is 0.448 e. The number of hydrogen-bond acceptors (Lipinski definition) is 6. The number of esters is 1. The third kappa shape index (κ3) is 5.10. The van der Waals surface area contributed by atoms with E-state index in [-0.39, 0.29) is 11.5 Å². The van der Waals surface area contributed by atoms with E-state index in [2.05, 4.69) is 28.6 Å². The number of aromatic nitrogens is 3. The fourth-order valence-electron chi connectivity index (χ4n) is 3.28. The number of nitriles is 1. The highest BCUT2D eigenvalue weighted by atomic mass is 16.6. The Morgan fingerprint density at radius 3 is 2.58 bits per heavy atom. The van der Waals surface area contributed by atoms with Gasteiger partial charge in [-0.25, -0.2) is 4.79 Å². The summed E-state index contributed by atoms with van der Waals surface area (Å²) in [4.78, 5) is 12.6. The molecule has 1 atom stereocenters. The summed E-state index contributed by atoms with van der Waals surface area (Å²) in [6.07, 6.45) is 0.778. The highest BCUT2D eigenvalue weighted by molar-refractivity contribution is 5.98. The molecule has 0 fully saturated rings. The minimum atomic E-state index is -0.789. The lowest BCUT2D eigenvalue weighted by Crippen LogP contribution is -2.11. The molecule has 0 aliphatic heterocycles. The van der Waals surface area contributed by atoms with E-state index >= 15 is 0 Å². The second-order valence-electron chi connectivity index (χ2n) is 7.86. The second-order valence-corrected chi connectivity index (χ2v) is 7.86. The number of carbonyl (C=O) groups is 1. The van der Waals surface area contributed by atoms with Crippen molar-refractivity contribution in [2.75, 3.05) is 0 Å². The highest BCUT2D eigenvalue weighted by Crippen LogP contribution is 2.24. The zero-order chi connectivity index (χ0) is 22.5. The van der Waals surface area contributed by atoms with Crippen molar-refractivity contribution in [1.29, 1.82) is 5.26 Å². The van der Waals surface area contributed by atoms with Crippen LogP contribution in [0.4, 0.5) is 0 Å². The minimum absolute atomic E-state index is 0.0838. The molecule has 0 aliphatic rings. The summed E-state index contributed by atoms with van der Waals surface area (Å²) < 4.78 is 13.2. The van der Waals surface area contributed by atoms with Gasteiger partial charge in [0, 0.05) is 23.5 Å². The van der Waals surface area contributed by atoms with Gasteiger partial charge in [0.1, 0.15) is 11.6 Å². The summed E-state index contributed by atoms with van der Waals surface area (Å²) in [5, 5.41) is 17.5. The Hall–Kier alpha value is -3.66. The van der Waals surface area contributed by atoms with Crippen LogP contribution in [0.25, 0.3) is 17.5 Å². The summed E-state index contributed by atoms with van der Waals surface area (Å²) in [5.74, 6) is 0.257. The molecule has 2 aromatic heterocycles. The van der Waals surface area contributed by atoms with E-state index in [1.54, 1.807) is 13.0 Å². The molecule has 0 spiro atoms. The van der Waals surface area contributed by atoms with Crippen LogP contribution < -0.4 is 0 Å². The average molecular weight is 418 g/mol. The smallest absolute Gasteiger partial charge is 0.349 e. The molecule has 0 amide bonds. The number of nitrogens with zero attached hydrogens (tertiary/aromatic N) is 4. The maximum Gasteiger partial charge on any atom is 0.349 e. The monoisotopic (exact) mass is 418 g/mol. The zero-order valence-corrected chi connectivity index (χ0v) is 18.4. The predicted molar refractivity (Wildman–Crippen MR) is 117 cm³/mol. The molecule has 31 heavy (non-hydrogen) atoms. The first kappa shape index (κ1) is 22.0. The van der Waals surface area contributed by atoms with E-state index in [9.17, 15) is 10.1 Å². The third-order valence-corrected chi connectivity index (χ3v) is 4.89. The standard InChI is InChI=1S/C24H26N4O3/c1-15(2)14-28-16(3)11-20(17(28)4)12-21(13-25)24(29)30-18(5)22-26-27-23(31-22)19-9-7-6-8-10-19/h6-12,15,18H,14H2,1-5H3/b21-12+/t18-/m1/s1. The van der Waals surface area contributed by atoms with Crippen molar-refractivity contribution in [2.24, 2.45) is 5.92 Å². The number of rotatable bonds is 7. The van der Waals surface area contributed by atoms with Crippen LogP contribution in [0.1, 0.15) is 49.7 Å². The van der Waals surface area contributed by atoms with Gasteiger partial charge in [-0.05, 0) is 56.5 Å².